The van der Waals surface area contributed by atoms with Gasteiger partial charge in [0.25, 0.3) is 0 Å². The number of benzene rings is 2. The van der Waals surface area contributed by atoms with Gasteiger partial charge in [0.15, 0.2) is 0 Å². The largest absolute Gasteiger partial charge is 0.473 e. The van der Waals surface area contributed by atoms with Crippen LogP contribution < -0.4 is 10.1 Å². The number of halogens is 3. The van der Waals surface area contributed by atoms with E-state index < -0.39 is 17.5 Å². The first kappa shape index (κ1) is 16.0. The molecule has 0 bridgehead atoms. The Bertz CT molecular complexity index is 919. The van der Waals surface area contributed by atoms with Gasteiger partial charge in [0.1, 0.15) is 29.2 Å². The molecule has 0 radical (unpaired) electrons. The Morgan fingerprint density at radius 2 is 1.84 bits per heavy atom. The first-order valence-electron chi connectivity index (χ1n) is 8.13. The smallest absolute Gasteiger partial charge is 0.244 e. The minimum absolute atomic E-state index is 0.0873. The highest BCUT2D eigenvalue weighted by Gasteiger charge is 2.22. The zero-order valence-electron chi connectivity index (χ0n) is 13.3. The number of rotatable bonds is 3. The molecule has 0 aliphatic carbocycles. The first-order valence-corrected chi connectivity index (χ1v) is 8.13. The Labute approximate surface area is 142 Å². The van der Waals surface area contributed by atoms with Crippen molar-refractivity contribution in [1.82, 2.24) is 15.1 Å². The maximum absolute atomic E-state index is 14.4. The molecule has 0 saturated carbocycles. The highest BCUT2D eigenvalue weighted by molar-refractivity contribution is 5.86. The number of hydrogen-bond acceptors (Lipinski definition) is 3. The predicted octanol–water partition coefficient (Wildman–Crippen LogP) is 3.57. The summed E-state index contributed by atoms with van der Waals surface area (Å²) < 4.78 is 49.2. The summed E-state index contributed by atoms with van der Waals surface area (Å²) in [6, 6.07) is 7.47. The average Bonchev–Trinajstić information content (AvgIpc) is 2.98. The summed E-state index contributed by atoms with van der Waals surface area (Å²) in [5.41, 5.74) is 0.240. The van der Waals surface area contributed by atoms with Crippen LogP contribution in [0.1, 0.15) is 12.8 Å². The lowest BCUT2D eigenvalue weighted by Gasteiger charge is -2.22. The lowest BCUT2D eigenvalue weighted by molar-refractivity contribution is 0.157. The number of ether oxygens (including phenoxy) is 1. The Hall–Kier alpha value is -2.54. The quantitative estimate of drug-likeness (QED) is 0.787. The van der Waals surface area contributed by atoms with E-state index in [9.17, 15) is 13.2 Å². The molecule has 7 heteroatoms. The molecular weight excluding hydrogens is 331 g/mol. The van der Waals surface area contributed by atoms with Gasteiger partial charge < -0.3 is 10.1 Å². The molecule has 4 nitrogen and oxygen atoms in total. The summed E-state index contributed by atoms with van der Waals surface area (Å²) in [7, 11) is 0. The van der Waals surface area contributed by atoms with E-state index in [2.05, 4.69) is 10.4 Å². The fourth-order valence-corrected chi connectivity index (χ4v) is 3.08. The van der Waals surface area contributed by atoms with Gasteiger partial charge in [-0.05, 0) is 50.2 Å². The van der Waals surface area contributed by atoms with Gasteiger partial charge in [-0.25, -0.2) is 17.9 Å². The predicted molar refractivity (Wildman–Crippen MR) is 87.5 cm³/mol. The van der Waals surface area contributed by atoms with Crippen LogP contribution in [0.15, 0.2) is 36.4 Å². The maximum Gasteiger partial charge on any atom is 0.244 e. The third-order valence-electron chi connectivity index (χ3n) is 4.33. The highest BCUT2D eigenvalue weighted by atomic mass is 19.1. The molecule has 2 heterocycles. The van der Waals surface area contributed by atoms with Gasteiger partial charge >= 0.3 is 0 Å². The number of fused-ring (bicyclic) bond motifs is 1. The van der Waals surface area contributed by atoms with Crippen molar-refractivity contribution in [3.8, 4) is 11.6 Å². The minimum Gasteiger partial charge on any atom is -0.473 e. The molecule has 2 aromatic carbocycles. The van der Waals surface area contributed by atoms with Crippen LogP contribution >= 0.6 is 0 Å². The van der Waals surface area contributed by atoms with Crippen LogP contribution in [-0.2, 0) is 0 Å². The van der Waals surface area contributed by atoms with Crippen molar-refractivity contribution in [3.63, 3.8) is 0 Å². The van der Waals surface area contributed by atoms with E-state index in [-0.39, 0.29) is 23.1 Å². The molecule has 1 fully saturated rings. The third-order valence-corrected chi connectivity index (χ3v) is 4.33. The molecular formula is C18H16F3N3O. The molecule has 1 aliphatic heterocycles. The van der Waals surface area contributed by atoms with Gasteiger partial charge in [-0.1, -0.05) is 6.07 Å². The Kier molecular flexibility index (Phi) is 4.09. The molecule has 1 aromatic heterocycles. The third kappa shape index (κ3) is 2.95. The summed E-state index contributed by atoms with van der Waals surface area (Å²) in [5, 5.41) is 7.64. The zero-order valence-corrected chi connectivity index (χ0v) is 13.3. The van der Waals surface area contributed by atoms with E-state index in [0.29, 0.717) is 5.52 Å². The highest BCUT2D eigenvalue weighted by Crippen LogP contribution is 2.32. The normalized spacial score (nSPS) is 15.6. The molecule has 0 amide bonds. The van der Waals surface area contributed by atoms with Crippen molar-refractivity contribution in [1.29, 1.82) is 0 Å². The maximum atomic E-state index is 14.4. The van der Waals surface area contributed by atoms with Crippen LogP contribution in [-0.4, -0.2) is 29.0 Å². The van der Waals surface area contributed by atoms with Gasteiger partial charge in [-0.3, -0.25) is 0 Å². The standard InChI is InChI=1S/C18H16F3N3O/c19-11-4-5-13(20)16(10-11)24-15-3-1-2-14(21)17(15)18(23-24)25-12-6-8-22-9-7-12/h1-5,10,12,22H,6-9H2. The molecule has 0 spiro atoms. The number of aromatic nitrogens is 2. The minimum atomic E-state index is -0.650. The SMILES string of the molecule is Fc1ccc(F)c(-n2nc(OC3CCNCC3)c3c(F)cccc32)c1. The van der Waals surface area contributed by atoms with E-state index in [1.165, 1.54) is 16.8 Å². The lowest BCUT2D eigenvalue weighted by atomic mass is 10.1. The molecule has 0 unspecified atom stereocenters. The van der Waals surface area contributed by atoms with Gasteiger partial charge in [-0.15, -0.1) is 5.10 Å². The summed E-state index contributed by atoms with van der Waals surface area (Å²) in [4.78, 5) is 0. The van der Waals surface area contributed by atoms with Gasteiger partial charge in [0, 0.05) is 6.07 Å². The second kappa shape index (κ2) is 6.40. The van der Waals surface area contributed by atoms with Crippen molar-refractivity contribution in [3.05, 3.63) is 53.8 Å². The Balaban J connectivity index is 1.85. The average molecular weight is 347 g/mol. The summed E-state index contributed by atoms with van der Waals surface area (Å²) in [6.07, 6.45) is 1.46. The fraction of sp³-hybridized carbons (Fsp3) is 0.278. The van der Waals surface area contributed by atoms with Crippen molar-refractivity contribution in [2.45, 2.75) is 18.9 Å². The Morgan fingerprint density at radius 3 is 2.64 bits per heavy atom. The van der Waals surface area contributed by atoms with Gasteiger partial charge in [0.2, 0.25) is 5.88 Å². The molecule has 25 heavy (non-hydrogen) atoms. The van der Waals surface area contributed by atoms with Crippen LogP contribution in [0.3, 0.4) is 0 Å². The number of nitrogens with one attached hydrogen (secondary N) is 1. The molecule has 1 aliphatic rings. The van der Waals surface area contributed by atoms with Crippen molar-refractivity contribution in [2.75, 3.05) is 13.1 Å². The topological polar surface area (TPSA) is 39.1 Å². The molecule has 1 N–H and O–H groups in total. The molecule has 0 atom stereocenters. The molecule has 130 valence electrons. The summed E-state index contributed by atoms with van der Waals surface area (Å²) in [6.45, 7) is 1.62. The first-order chi connectivity index (χ1) is 12.1. The van der Waals surface area contributed by atoms with Crippen molar-refractivity contribution >= 4 is 10.9 Å². The molecule has 1 saturated heterocycles. The van der Waals surface area contributed by atoms with E-state index >= 15 is 0 Å². The van der Waals surface area contributed by atoms with E-state index in [1.807, 2.05) is 0 Å². The monoisotopic (exact) mass is 347 g/mol. The van der Waals surface area contributed by atoms with Crippen LogP contribution in [0.5, 0.6) is 5.88 Å². The van der Waals surface area contributed by atoms with Crippen molar-refractivity contribution in [2.24, 2.45) is 0 Å². The fourth-order valence-electron chi connectivity index (χ4n) is 3.08. The summed E-state index contributed by atoms with van der Waals surface area (Å²) in [5.74, 6) is -1.66. The van der Waals surface area contributed by atoms with Crippen LogP contribution in [0.2, 0.25) is 0 Å². The zero-order chi connectivity index (χ0) is 17.4. The van der Waals surface area contributed by atoms with Gasteiger partial charge in [0.05, 0.1) is 10.9 Å². The second-order valence-corrected chi connectivity index (χ2v) is 6.01. The van der Waals surface area contributed by atoms with Crippen LogP contribution in [0, 0.1) is 17.5 Å². The number of nitrogens with zero attached hydrogens (tertiary/aromatic N) is 2. The van der Waals surface area contributed by atoms with Gasteiger partial charge in [-0.2, -0.15) is 0 Å². The second-order valence-electron chi connectivity index (χ2n) is 6.01. The van der Waals surface area contributed by atoms with E-state index in [0.717, 1.165) is 44.1 Å². The Morgan fingerprint density at radius 1 is 1.04 bits per heavy atom. The lowest BCUT2D eigenvalue weighted by Crippen LogP contribution is -2.34. The van der Waals surface area contributed by atoms with E-state index in [4.69, 9.17) is 4.74 Å². The van der Waals surface area contributed by atoms with E-state index in [1.54, 1.807) is 6.07 Å². The van der Waals surface area contributed by atoms with Crippen LogP contribution in [0.25, 0.3) is 16.6 Å². The molecule has 3 aromatic rings. The number of hydrogen-bond donors (Lipinski definition) is 1. The molecule has 4 rings (SSSR count). The number of piperidine rings is 1. The van der Waals surface area contributed by atoms with Crippen LogP contribution in [0.4, 0.5) is 13.2 Å². The van der Waals surface area contributed by atoms with Crippen molar-refractivity contribution < 1.29 is 17.9 Å². The summed E-state index contributed by atoms with van der Waals surface area (Å²) >= 11 is 0.